The highest BCUT2D eigenvalue weighted by Gasteiger charge is 2.24. The molecule has 4 nitrogen and oxygen atoms in total. The van der Waals surface area contributed by atoms with Gasteiger partial charge in [-0.05, 0) is 61.6 Å². The minimum absolute atomic E-state index is 0.0349. The highest BCUT2D eigenvalue weighted by atomic mass is 32.2. The lowest BCUT2D eigenvalue weighted by molar-refractivity contribution is -0.132. The van der Waals surface area contributed by atoms with Crippen molar-refractivity contribution in [2.75, 3.05) is 26.4 Å². The summed E-state index contributed by atoms with van der Waals surface area (Å²) in [6.45, 7) is 2.28. The Morgan fingerprint density at radius 3 is 2.83 bits per heavy atom. The van der Waals surface area contributed by atoms with Crippen molar-refractivity contribution in [3.05, 3.63) is 46.1 Å². The van der Waals surface area contributed by atoms with Crippen LogP contribution in [0.5, 0.6) is 0 Å². The third-order valence-electron chi connectivity index (χ3n) is 4.48. The maximum Gasteiger partial charge on any atom is 0.222 e. The molecule has 0 aliphatic carbocycles. The number of carbonyl (C=O) groups is 1. The van der Waals surface area contributed by atoms with Crippen LogP contribution in [0, 0.1) is 0 Å². The standard InChI is InChI=1S/C19H28N2O2S/c1-20(2)14-17-13-16-8-9-21(15-18(16)23-17)19(22)7-3-4-10-24-11-5-6-12-24/h5-6,11-13,24H,3-4,7-10,14-15H2,1-2H3. The normalized spacial score (nSPS) is 17.8. The molecule has 0 fully saturated rings. The van der Waals surface area contributed by atoms with E-state index in [1.54, 1.807) is 0 Å². The zero-order valence-corrected chi connectivity index (χ0v) is 15.6. The number of hydrogen-bond acceptors (Lipinski definition) is 3. The van der Waals surface area contributed by atoms with Crippen molar-refractivity contribution in [3.63, 3.8) is 0 Å². The SMILES string of the molecule is CN(C)Cc1cc2c(o1)CN(C(=O)CCCC[SH]1C=CC=C1)CC2. The van der Waals surface area contributed by atoms with Gasteiger partial charge in [0.2, 0.25) is 5.91 Å². The molecule has 0 radical (unpaired) electrons. The second-order valence-electron chi connectivity index (χ2n) is 6.84. The molecular formula is C19H28N2O2S. The van der Waals surface area contributed by atoms with Crippen LogP contribution in [0.1, 0.15) is 36.3 Å². The number of furan rings is 1. The molecule has 2 aliphatic heterocycles. The number of fused-ring (bicyclic) bond motifs is 1. The molecule has 0 saturated carbocycles. The Kier molecular flexibility index (Phi) is 5.85. The van der Waals surface area contributed by atoms with Gasteiger partial charge in [-0.3, -0.25) is 4.79 Å². The fourth-order valence-electron chi connectivity index (χ4n) is 3.23. The summed E-state index contributed by atoms with van der Waals surface area (Å²) in [5.41, 5.74) is 1.28. The average molecular weight is 349 g/mol. The largest absolute Gasteiger partial charge is 0.463 e. The summed E-state index contributed by atoms with van der Waals surface area (Å²) in [5.74, 6) is 3.47. The summed E-state index contributed by atoms with van der Waals surface area (Å²) in [6, 6.07) is 2.15. The van der Waals surface area contributed by atoms with Gasteiger partial charge in [0, 0.05) is 13.0 Å². The molecule has 1 aromatic rings. The van der Waals surface area contributed by atoms with Crippen LogP contribution >= 0.6 is 10.9 Å². The Labute approximate surface area is 147 Å². The van der Waals surface area contributed by atoms with E-state index < -0.39 is 0 Å². The first-order valence-electron chi connectivity index (χ1n) is 8.75. The Morgan fingerprint density at radius 2 is 2.08 bits per heavy atom. The Balaban J connectivity index is 1.44. The van der Waals surface area contributed by atoms with Crippen LogP contribution in [0.2, 0.25) is 0 Å². The number of allylic oxidation sites excluding steroid dienone is 2. The van der Waals surface area contributed by atoms with Crippen LogP contribution in [0.25, 0.3) is 0 Å². The van der Waals surface area contributed by atoms with Gasteiger partial charge in [0.05, 0.1) is 13.1 Å². The number of rotatable bonds is 7. The first-order chi connectivity index (χ1) is 11.6. The summed E-state index contributed by atoms with van der Waals surface area (Å²) in [4.78, 5) is 16.5. The summed E-state index contributed by atoms with van der Waals surface area (Å²) in [5, 5.41) is 4.59. The molecule has 0 unspecified atom stereocenters. The van der Waals surface area contributed by atoms with E-state index in [1.165, 1.54) is 11.3 Å². The summed E-state index contributed by atoms with van der Waals surface area (Å²) >= 11 is 0. The average Bonchev–Trinajstić information content (AvgIpc) is 3.18. The van der Waals surface area contributed by atoms with E-state index in [9.17, 15) is 4.79 Å². The summed E-state index contributed by atoms with van der Waals surface area (Å²) in [7, 11) is 4.04. The van der Waals surface area contributed by atoms with Gasteiger partial charge in [0.25, 0.3) is 0 Å². The molecule has 0 N–H and O–H groups in total. The number of carbonyl (C=O) groups excluding carboxylic acids is 1. The van der Waals surface area contributed by atoms with E-state index in [2.05, 4.69) is 33.9 Å². The minimum Gasteiger partial charge on any atom is -0.463 e. The molecule has 0 aromatic carbocycles. The monoisotopic (exact) mass is 348 g/mol. The molecule has 0 spiro atoms. The van der Waals surface area contributed by atoms with Crippen molar-refractivity contribution in [2.24, 2.45) is 0 Å². The van der Waals surface area contributed by atoms with Crippen molar-refractivity contribution >= 4 is 16.8 Å². The lowest BCUT2D eigenvalue weighted by Gasteiger charge is -2.26. The molecule has 0 saturated heterocycles. The third-order valence-corrected chi connectivity index (χ3v) is 6.42. The Hall–Kier alpha value is -1.46. The molecule has 5 heteroatoms. The Morgan fingerprint density at radius 1 is 1.29 bits per heavy atom. The van der Waals surface area contributed by atoms with Crippen molar-refractivity contribution < 1.29 is 9.21 Å². The van der Waals surface area contributed by atoms with E-state index in [0.29, 0.717) is 13.0 Å². The predicted molar refractivity (Wildman–Crippen MR) is 101 cm³/mol. The zero-order chi connectivity index (χ0) is 16.9. The molecule has 0 bridgehead atoms. The second kappa shape index (κ2) is 8.08. The van der Waals surface area contributed by atoms with Crippen molar-refractivity contribution in [1.82, 2.24) is 9.80 Å². The fraction of sp³-hybridized carbons (Fsp3) is 0.526. The van der Waals surface area contributed by atoms with Gasteiger partial charge in [-0.2, -0.15) is 0 Å². The molecule has 3 heterocycles. The maximum atomic E-state index is 12.4. The molecule has 0 atom stereocenters. The van der Waals surface area contributed by atoms with Crippen LogP contribution in [-0.2, 0) is 24.3 Å². The first-order valence-corrected chi connectivity index (χ1v) is 10.4. The van der Waals surface area contributed by atoms with Crippen LogP contribution in [0.15, 0.2) is 33.5 Å². The van der Waals surface area contributed by atoms with Gasteiger partial charge in [0.15, 0.2) is 0 Å². The highest BCUT2D eigenvalue weighted by Crippen LogP contribution is 2.33. The molecular weight excluding hydrogens is 320 g/mol. The minimum atomic E-state index is -0.0349. The number of nitrogens with zero attached hydrogens (tertiary/aromatic N) is 2. The number of unbranched alkanes of at least 4 members (excludes halogenated alkanes) is 1. The van der Waals surface area contributed by atoms with E-state index in [1.807, 2.05) is 19.0 Å². The third kappa shape index (κ3) is 4.54. The quantitative estimate of drug-likeness (QED) is 0.606. The van der Waals surface area contributed by atoms with Crippen molar-refractivity contribution in [3.8, 4) is 0 Å². The van der Waals surface area contributed by atoms with E-state index in [0.717, 1.165) is 43.9 Å². The number of thiol groups is 1. The molecule has 1 aromatic heterocycles. The number of amides is 1. The molecule has 132 valence electrons. The van der Waals surface area contributed by atoms with Gasteiger partial charge in [-0.15, -0.1) is 0 Å². The lowest BCUT2D eigenvalue weighted by Crippen LogP contribution is -2.35. The first kappa shape index (κ1) is 17.4. The zero-order valence-electron chi connectivity index (χ0n) is 14.7. The molecule has 1 amide bonds. The Bertz CT molecular complexity index is 621. The molecule has 3 rings (SSSR count). The molecule has 24 heavy (non-hydrogen) atoms. The van der Waals surface area contributed by atoms with Gasteiger partial charge >= 0.3 is 0 Å². The highest BCUT2D eigenvalue weighted by molar-refractivity contribution is 8.22. The summed E-state index contributed by atoms with van der Waals surface area (Å²) in [6.07, 6.45) is 7.98. The lowest BCUT2D eigenvalue weighted by atomic mass is 10.1. The van der Waals surface area contributed by atoms with Crippen molar-refractivity contribution in [1.29, 1.82) is 0 Å². The van der Waals surface area contributed by atoms with Crippen LogP contribution in [0.3, 0.4) is 0 Å². The fourth-order valence-corrected chi connectivity index (χ4v) is 4.86. The smallest absolute Gasteiger partial charge is 0.222 e. The van der Waals surface area contributed by atoms with Crippen LogP contribution in [-0.4, -0.2) is 42.1 Å². The van der Waals surface area contributed by atoms with Gasteiger partial charge in [0.1, 0.15) is 11.5 Å². The molecule has 2 aliphatic rings. The summed E-state index contributed by atoms with van der Waals surface area (Å²) < 4.78 is 5.94. The van der Waals surface area contributed by atoms with Crippen molar-refractivity contribution in [2.45, 2.75) is 38.8 Å². The maximum absolute atomic E-state index is 12.4. The topological polar surface area (TPSA) is 36.7 Å². The van der Waals surface area contributed by atoms with E-state index in [-0.39, 0.29) is 16.8 Å². The van der Waals surface area contributed by atoms with Crippen LogP contribution < -0.4 is 0 Å². The van der Waals surface area contributed by atoms with E-state index >= 15 is 0 Å². The van der Waals surface area contributed by atoms with Crippen LogP contribution in [0.4, 0.5) is 0 Å². The number of hydrogen-bond donors (Lipinski definition) is 1. The second-order valence-corrected chi connectivity index (χ2v) is 8.91. The predicted octanol–water partition coefficient (Wildman–Crippen LogP) is 3.44. The van der Waals surface area contributed by atoms with Gasteiger partial charge in [-0.25, -0.2) is 10.9 Å². The van der Waals surface area contributed by atoms with Gasteiger partial charge < -0.3 is 14.2 Å². The van der Waals surface area contributed by atoms with E-state index in [4.69, 9.17) is 4.42 Å². The van der Waals surface area contributed by atoms with Gasteiger partial charge in [-0.1, -0.05) is 12.2 Å².